The minimum atomic E-state index is -0.332. The Kier molecular flexibility index (Phi) is 3.93. The van der Waals surface area contributed by atoms with Crippen LogP contribution in [0.25, 0.3) is 0 Å². The molecule has 0 unspecified atom stereocenters. The molecule has 1 aliphatic rings. The maximum Gasteiger partial charge on any atom is 0.243 e. The Labute approximate surface area is 128 Å². The molecular formula is C14H20N6O2. The zero-order chi connectivity index (χ0) is 15.7. The van der Waals surface area contributed by atoms with E-state index in [1.165, 1.54) is 0 Å². The summed E-state index contributed by atoms with van der Waals surface area (Å²) in [5.74, 6) is 2.04. The Bertz CT molecular complexity index is 677. The Morgan fingerprint density at radius 1 is 1.50 bits per heavy atom. The number of amides is 1. The summed E-state index contributed by atoms with van der Waals surface area (Å²) in [7, 11) is 0. The van der Waals surface area contributed by atoms with Gasteiger partial charge in [0, 0.05) is 18.5 Å². The SMILES string of the molecule is Cc1cc(NC(=O)[C@H](C)N[C@H]2CCc3nc(C)nn3C2)on1. The molecule has 1 aliphatic heterocycles. The fourth-order valence-corrected chi connectivity index (χ4v) is 2.65. The van der Waals surface area contributed by atoms with E-state index < -0.39 is 0 Å². The average Bonchev–Trinajstić information content (AvgIpc) is 3.03. The summed E-state index contributed by atoms with van der Waals surface area (Å²) < 4.78 is 6.91. The van der Waals surface area contributed by atoms with E-state index in [4.69, 9.17) is 4.52 Å². The molecule has 0 radical (unpaired) electrons. The van der Waals surface area contributed by atoms with Crippen LogP contribution in [-0.4, -0.2) is 37.9 Å². The van der Waals surface area contributed by atoms with Gasteiger partial charge < -0.3 is 9.84 Å². The lowest BCUT2D eigenvalue weighted by molar-refractivity contribution is -0.118. The first-order valence-electron chi connectivity index (χ1n) is 7.42. The van der Waals surface area contributed by atoms with Crippen LogP contribution in [0.3, 0.4) is 0 Å². The fraction of sp³-hybridized carbons (Fsp3) is 0.571. The molecule has 8 heteroatoms. The summed E-state index contributed by atoms with van der Waals surface area (Å²) in [6.45, 7) is 6.26. The first-order valence-corrected chi connectivity index (χ1v) is 7.42. The van der Waals surface area contributed by atoms with Gasteiger partial charge in [-0.05, 0) is 27.2 Å². The first kappa shape index (κ1) is 14.7. The molecule has 2 N–H and O–H groups in total. The second kappa shape index (κ2) is 5.88. The summed E-state index contributed by atoms with van der Waals surface area (Å²) >= 11 is 0. The Morgan fingerprint density at radius 2 is 2.32 bits per heavy atom. The smallest absolute Gasteiger partial charge is 0.243 e. The van der Waals surface area contributed by atoms with Crippen molar-refractivity contribution < 1.29 is 9.32 Å². The molecule has 2 atom stereocenters. The third-order valence-corrected chi connectivity index (χ3v) is 3.72. The largest absolute Gasteiger partial charge is 0.338 e. The highest BCUT2D eigenvalue weighted by Crippen LogP contribution is 2.14. The predicted octanol–water partition coefficient (Wildman–Crippen LogP) is 0.815. The molecule has 0 saturated carbocycles. The van der Waals surface area contributed by atoms with Crippen LogP contribution in [0, 0.1) is 13.8 Å². The normalized spacial score (nSPS) is 18.8. The van der Waals surface area contributed by atoms with Crippen molar-refractivity contribution in [2.24, 2.45) is 0 Å². The van der Waals surface area contributed by atoms with Crippen LogP contribution in [0.15, 0.2) is 10.6 Å². The van der Waals surface area contributed by atoms with Crippen LogP contribution in [0.4, 0.5) is 5.88 Å². The zero-order valence-corrected chi connectivity index (χ0v) is 13.0. The van der Waals surface area contributed by atoms with Crippen molar-refractivity contribution >= 4 is 11.8 Å². The Balaban J connectivity index is 1.55. The van der Waals surface area contributed by atoms with Gasteiger partial charge in [0.15, 0.2) is 0 Å². The lowest BCUT2D eigenvalue weighted by Crippen LogP contribution is -2.47. The molecule has 0 aliphatic carbocycles. The maximum atomic E-state index is 12.1. The number of carbonyl (C=O) groups is 1. The monoisotopic (exact) mass is 304 g/mol. The van der Waals surface area contributed by atoms with Crippen LogP contribution >= 0.6 is 0 Å². The Morgan fingerprint density at radius 3 is 3.05 bits per heavy atom. The van der Waals surface area contributed by atoms with Crippen molar-refractivity contribution in [1.29, 1.82) is 0 Å². The molecular weight excluding hydrogens is 284 g/mol. The number of hydrogen-bond donors (Lipinski definition) is 2. The summed E-state index contributed by atoms with van der Waals surface area (Å²) in [6, 6.07) is 1.56. The van der Waals surface area contributed by atoms with Gasteiger partial charge in [-0.2, -0.15) is 5.10 Å². The fourth-order valence-electron chi connectivity index (χ4n) is 2.65. The minimum Gasteiger partial charge on any atom is -0.338 e. The number of hydrogen-bond acceptors (Lipinski definition) is 6. The number of anilines is 1. The number of aryl methyl sites for hydroxylation is 3. The van der Waals surface area contributed by atoms with Crippen molar-refractivity contribution in [3.05, 3.63) is 23.4 Å². The molecule has 118 valence electrons. The van der Waals surface area contributed by atoms with E-state index in [0.29, 0.717) is 5.88 Å². The molecule has 2 aromatic heterocycles. The first-order chi connectivity index (χ1) is 10.5. The topological polar surface area (TPSA) is 97.9 Å². The highest BCUT2D eigenvalue weighted by atomic mass is 16.5. The second-order valence-electron chi connectivity index (χ2n) is 5.70. The Hall–Kier alpha value is -2.22. The van der Waals surface area contributed by atoms with E-state index in [-0.39, 0.29) is 18.0 Å². The van der Waals surface area contributed by atoms with E-state index in [1.54, 1.807) is 13.0 Å². The van der Waals surface area contributed by atoms with E-state index in [0.717, 1.165) is 36.7 Å². The van der Waals surface area contributed by atoms with Gasteiger partial charge in [-0.15, -0.1) is 0 Å². The molecule has 2 aromatic rings. The van der Waals surface area contributed by atoms with Crippen molar-refractivity contribution in [1.82, 2.24) is 25.2 Å². The van der Waals surface area contributed by atoms with Gasteiger partial charge in [-0.3, -0.25) is 10.1 Å². The third-order valence-electron chi connectivity index (χ3n) is 3.72. The van der Waals surface area contributed by atoms with Crippen LogP contribution in [0.2, 0.25) is 0 Å². The minimum absolute atomic E-state index is 0.142. The lowest BCUT2D eigenvalue weighted by atomic mass is 10.1. The van der Waals surface area contributed by atoms with Crippen molar-refractivity contribution in [3.63, 3.8) is 0 Å². The highest BCUT2D eigenvalue weighted by molar-refractivity contribution is 5.93. The van der Waals surface area contributed by atoms with Gasteiger partial charge in [-0.25, -0.2) is 9.67 Å². The summed E-state index contributed by atoms with van der Waals surface area (Å²) in [5.41, 5.74) is 0.734. The van der Waals surface area contributed by atoms with E-state index in [1.807, 2.05) is 18.5 Å². The van der Waals surface area contributed by atoms with Gasteiger partial charge >= 0.3 is 0 Å². The molecule has 0 aromatic carbocycles. The lowest BCUT2D eigenvalue weighted by Gasteiger charge is -2.26. The van der Waals surface area contributed by atoms with Crippen molar-refractivity contribution in [3.8, 4) is 0 Å². The van der Waals surface area contributed by atoms with Crippen LogP contribution < -0.4 is 10.6 Å². The van der Waals surface area contributed by atoms with Crippen LogP contribution in [-0.2, 0) is 17.8 Å². The van der Waals surface area contributed by atoms with Gasteiger partial charge in [0.2, 0.25) is 11.8 Å². The van der Waals surface area contributed by atoms with E-state index in [2.05, 4.69) is 25.9 Å². The molecule has 0 saturated heterocycles. The summed E-state index contributed by atoms with van der Waals surface area (Å²) in [4.78, 5) is 16.5. The molecule has 3 heterocycles. The standard InChI is InChI=1S/C14H20N6O2/c1-8-6-13(22-19-8)17-14(21)9(2)15-11-4-5-12-16-10(3)18-20(12)7-11/h6,9,11,15H,4-5,7H2,1-3H3,(H,17,21)/t9-,11-/m0/s1. The predicted molar refractivity (Wildman–Crippen MR) is 79.3 cm³/mol. The number of carbonyl (C=O) groups excluding carboxylic acids is 1. The van der Waals surface area contributed by atoms with Gasteiger partial charge in [-0.1, -0.05) is 5.16 Å². The number of fused-ring (bicyclic) bond motifs is 1. The van der Waals surface area contributed by atoms with Crippen molar-refractivity contribution in [2.75, 3.05) is 5.32 Å². The quantitative estimate of drug-likeness (QED) is 0.867. The molecule has 1 amide bonds. The summed E-state index contributed by atoms with van der Waals surface area (Å²) in [6.07, 6.45) is 1.81. The number of nitrogens with one attached hydrogen (secondary N) is 2. The second-order valence-corrected chi connectivity index (χ2v) is 5.70. The zero-order valence-electron chi connectivity index (χ0n) is 13.0. The van der Waals surface area contributed by atoms with Crippen LogP contribution in [0.1, 0.15) is 30.7 Å². The number of aromatic nitrogens is 4. The molecule has 0 bridgehead atoms. The third kappa shape index (κ3) is 3.16. The maximum absolute atomic E-state index is 12.1. The molecule has 3 rings (SSSR count). The average molecular weight is 304 g/mol. The molecule has 0 fully saturated rings. The summed E-state index contributed by atoms with van der Waals surface area (Å²) in [5, 5.41) is 14.2. The van der Waals surface area contributed by atoms with Gasteiger partial charge in [0.05, 0.1) is 18.3 Å². The molecule has 22 heavy (non-hydrogen) atoms. The number of rotatable bonds is 4. The van der Waals surface area contributed by atoms with Crippen molar-refractivity contribution in [2.45, 2.75) is 52.2 Å². The number of nitrogens with zero attached hydrogens (tertiary/aromatic N) is 4. The van der Waals surface area contributed by atoms with Gasteiger partial charge in [0.1, 0.15) is 11.6 Å². The molecule has 0 spiro atoms. The molecule has 8 nitrogen and oxygen atoms in total. The highest BCUT2D eigenvalue weighted by Gasteiger charge is 2.24. The van der Waals surface area contributed by atoms with Gasteiger partial charge in [0.25, 0.3) is 0 Å². The van der Waals surface area contributed by atoms with E-state index >= 15 is 0 Å². The van der Waals surface area contributed by atoms with Crippen LogP contribution in [0.5, 0.6) is 0 Å². The van der Waals surface area contributed by atoms with E-state index in [9.17, 15) is 4.79 Å².